The van der Waals surface area contributed by atoms with Gasteiger partial charge in [-0.1, -0.05) is 13.8 Å². The largest absolute Gasteiger partial charge is 0.387 e. The number of carbonyl (C=O) groups excluding carboxylic acids is 1. The second-order valence-corrected chi connectivity index (χ2v) is 3.98. The second kappa shape index (κ2) is 4.54. The molecule has 1 aliphatic rings. The molecule has 1 aliphatic heterocycles. The molecule has 0 aliphatic carbocycles. The maximum Gasteiger partial charge on any atom is 0.184 e. The molecule has 4 N–H and O–H groups in total. The minimum absolute atomic E-state index is 0.390. The molecule has 6 heteroatoms. The van der Waals surface area contributed by atoms with E-state index in [9.17, 15) is 20.1 Å². The number of rotatable bonds is 2. The number of aliphatic hydroxyl groups is 4. The fourth-order valence-electron chi connectivity index (χ4n) is 1.42. The fourth-order valence-corrected chi connectivity index (χ4v) is 1.42. The van der Waals surface area contributed by atoms with Crippen LogP contribution < -0.4 is 0 Å². The number of ether oxygens (including phenoxy) is 1. The van der Waals surface area contributed by atoms with Crippen LogP contribution in [0.2, 0.25) is 0 Å². The smallest absolute Gasteiger partial charge is 0.184 e. The Hall–Kier alpha value is -0.530. The SMILES string of the molecule is CC(C)C(=O)[C@H]1O[C@@H](O)[C@H](O)[C@@H](O)[C@@H]1O. The maximum atomic E-state index is 11.5. The monoisotopic (exact) mass is 220 g/mol. The van der Waals surface area contributed by atoms with E-state index >= 15 is 0 Å². The van der Waals surface area contributed by atoms with E-state index in [1.807, 2.05) is 0 Å². The summed E-state index contributed by atoms with van der Waals surface area (Å²) in [6.45, 7) is 3.23. The summed E-state index contributed by atoms with van der Waals surface area (Å²) < 4.78 is 4.75. The van der Waals surface area contributed by atoms with E-state index < -0.39 is 36.5 Å². The van der Waals surface area contributed by atoms with Gasteiger partial charge in [0, 0.05) is 5.92 Å². The highest BCUT2D eigenvalue weighted by Gasteiger charge is 2.46. The highest BCUT2D eigenvalue weighted by molar-refractivity contribution is 5.85. The summed E-state index contributed by atoms with van der Waals surface area (Å²) in [5.41, 5.74) is 0. The van der Waals surface area contributed by atoms with Crippen molar-refractivity contribution in [2.75, 3.05) is 0 Å². The molecule has 15 heavy (non-hydrogen) atoms. The van der Waals surface area contributed by atoms with Gasteiger partial charge in [-0.05, 0) is 0 Å². The van der Waals surface area contributed by atoms with Gasteiger partial charge >= 0.3 is 0 Å². The first-order chi connectivity index (χ1) is 6.86. The molecule has 0 aromatic heterocycles. The zero-order chi connectivity index (χ0) is 11.7. The summed E-state index contributed by atoms with van der Waals surface area (Å²) in [6.07, 6.45) is -7.65. The van der Waals surface area contributed by atoms with Crippen LogP contribution in [0.15, 0.2) is 0 Å². The molecule has 0 unspecified atom stereocenters. The van der Waals surface area contributed by atoms with Crippen molar-refractivity contribution in [2.45, 2.75) is 44.6 Å². The molecule has 6 nitrogen and oxygen atoms in total. The predicted octanol–water partition coefficient (Wildman–Crippen LogP) is -1.99. The van der Waals surface area contributed by atoms with Crippen molar-refractivity contribution in [3.05, 3.63) is 0 Å². The third-order valence-corrected chi connectivity index (χ3v) is 2.44. The lowest BCUT2D eigenvalue weighted by Gasteiger charge is -2.38. The zero-order valence-corrected chi connectivity index (χ0v) is 8.57. The molecule has 1 fully saturated rings. The van der Waals surface area contributed by atoms with Crippen LogP contribution in [-0.4, -0.2) is 56.9 Å². The summed E-state index contributed by atoms with van der Waals surface area (Å²) in [5, 5.41) is 37.1. The van der Waals surface area contributed by atoms with Gasteiger partial charge in [0.2, 0.25) is 0 Å². The third kappa shape index (κ3) is 2.35. The molecule has 0 spiro atoms. The first-order valence-corrected chi connectivity index (χ1v) is 4.77. The third-order valence-electron chi connectivity index (χ3n) is 2.44. The Labute approximate surface area is 87.1 Å². The Balaban J connectivity index is 2.79. The van der Waals surface area contributed by atoms with E-state index in [1.54, 1.807) is 13.8 Å². The summed E-state index contributed by atoms with van der Waals surface area (Å²) in [6, 6.07) is 0. The van der Waals surface area contributed by atoms with Gasteiger partial charge in [0.1, 0.15) is 24.4 Å². The van der Waals surface area contributed by atoms with Gasteiger partial charge in [0.15, 0.2) is 12.1 Å². The van der Waals surface area contributed by atoms with E-state index in [1.165, 1.54) is 0 Å². The van der Waals surface area contributed by atoms with Gasteiger partial charge in [-0.25, -0.2) is 0 Å². The summed E-state index contributed by atoms with van der Waals surface area (Å²) in [7, 11) is 0. The Morgan fingerprint density at radius 2 is 1.60 bits per heavy atom. The van der Waals surface area contributed by atoms with Crippen molar-refractivity contribution in [1.82, 2.24) is 0 Å². The topological polar surface area (TPSA) is 107 Å². The average molecular weight is 220 g/mol. The van der Waals surface area contributed by atoms with Crippen LogP contribution in [-0.2, 0) is 9.53 Å². The number of carbonyl (C=O) groups is 1. The molecule has 0 aromatic carbocycles. The lowest BCUT2D eigenvalue weighted by molar-refractivity contribution is -0.275. The minimum Gasteiger partial charge on any atom is -0.387 e. The minimum atomic E-state index is -1.66. The second-order valence-electron chi connectivity index (χ2n) is 3.98. The van der Waals surface area contributed by atoms with E-state index in [0.29, 0.717) is 0 Å². The Morgan fingerprint density at radius 1 is 1.07 bits per heavy atom. The number of ketones is 1. The van der Waals surface area contributed by atoms with Crippen LogP contribution in [0, 0.1) is 5.92 Å². The number of aliphatic hydroxyl groups excluding tert-OH is 4. The van der Waals surface area contributed by atoms with E-state index in [0.717, 1.165) is 0 Å². The van der Waals surface area contributed by atoms with Crippen molar-refractivity contribution >= 4 is 5.78 Å². The van der Waals surface area contributed by atoms with Gasteiger partial charge in [-0.3, -0.25) is 4.79 Å². The van der Waals surface area contributed by atoms with Crippen LogP contribution >= 0.6 is 0 Å². The fraction of sp³-hybridized carbons (Fsp3) is 0.889. The molecule has 0 amide bonds. The Morgan fingerprint density at radius 3 is 2.07 bits per heavy atom. The van der Waals surface area contributed by atoms with Crippen LogP contribution in [0.5, 0.6) is 0 Å². The van der Waals surface area contributed by atoms with Gasteiger partial charge in [0.05, 0.1) is 0 Å². The highest BCUT2D eigenvalue weighted by atomic mass is 16.6. The van der Waals surface area contributed by atoms with Crippen molar-refractivity contribution in [1.29, 1.82) is 0 Å². The molecule has 1 saturated heterocycles. The van der Waals surface area contributed by atoms with Gasteiger partial charge < -0.3 is 25.2 Å². The zero-order valence-electron chi connectivity index (χ0n) is 8.57. The van der Waals surface area contributed by atoms with Gasteiger partial charge in [-0.15, -0.1) is 0 Å². The van der Waals surface area contributed by atoms with E-state index in [2.05, 4.69) is 0 Å². The molecular formula is C9H16O6. The Bertz CT molecular complexity index is 241. The first-order valence-electron chi connectivity index (χ1n) is 4.77. The Kier molecular flexibility index (Phi) is 3.80. The van der Waals surface area contributed by atoms with Crippen LogP contribution in [0.4, 0.5) is 0 Å². The predicted molar refractivity (Wildman–Crippen MR) is 48.7 cm³/mol. The molecule has 88 valence electrons. The number of hydrogen-bond acceptors (Lipinski definition) is 6. The lowest BCUT2D eigenvalue weighted by atomic mass is 9.92. The molecule has 0 aromatic rings. The van der Waals surface area contributed by atoms with Gasteiger partial charge in [0.25, 0.3) is 0 Å². The molecular weight excluding hydrogens is 204 g/mol. The summed E-state index contributed by atoms with van der Waals surface area (Å²) in [5.74, 6) is -0.813. The number of hydrogen-bond donors (Lipinski definition) is 4. The van der Waals surface area contributed by atoms with Crippen molar-refractivity contribution < 1.29 is 30.0 Å². The molecule has 0 saturated carbocycles. The van der Waals surface area contributed by atoms with Crippen molar-refractivity contribution in [3.8, 4) is 0 Å². The first kappa shape index (κ1) is 12.5. The van der Waals surface area contributed by atoms with Crippen LogP contribution in [0.25, 0.3) is 0 Å². The maximum absolute atomic E-state index is 11.5. The molecule has 1 heterocycles. The van der Waals surface area contributed by atoms with Crippen LogP contribution in [0.1, 0.15) is 13.8 Å². The molecule has 1 rings (SSSR count). The average Bonchev–Trinajstić information content (AvgIpc) is 2.19. The van der Waals surface area contributed by atoms with E-state index in [4.69, 9.17) is 9.84 Å². The standard InChI is InChI=1S/C9H16O6/c1-3(2)4(10)8-6(12)5(11)7(13)9(14)15-8/h3,5-9,11-14H,1-2H3/t5-,6-,7+,8+,9+/m0/s1. The van der Waals surface area contributed by atoms with Crippen molar-refractivity contribution in [2.24, 2.45) is 5.92 Å². The summed E-state index contributed by atoms with van der Waals surface area (Å²) >= 11 is 0. The quantitative estimate of drug-likeness (QED) is 0.429. The number of Topliss-reactive ketones (excluding diaryl/α,β-unsaturated/α-hetero) is 1. The molecule has 0 radical (unpaired) electrons. The summed E-state index contributed by atoms with van der Waals surface area (Å²) in [4.78, 5) is 11.5. The van der Waals surface area contributed by atoms with Gasteiger partial charge in [-0.2, -0.15) is 0 Å². The highest BCUT2D eigenvalue weighted by Crippen LogP contribution is 2.22. The van der Waals surface area contributed by atoms with Crippen molar-refractivity contribution in [3.63, 3.8) is 0 Å². The lowest BCUT2D eigenvalue weighted by Crippen LogP contribution is -2.60. The van der Waals surface area contributed by atoms with Crippen LogP contribution in [0.3, 0.4) is 0 Å². The van der Waals surface area contributed by atoms with E-state index in [-0.39, 0.29) is 5.92 Å². The molecule has 5 atom stereocenters. The molecule has 0 bridgehead atoms. The normalized spacial score (nSPS) is 41.9.